The van der Waals surface area contributed by atoms with E-state index in [2.05, 4.69) is 6.58 Å². The summed E-state index contributed by atoms with van der Waals surface area (Å²) in [6.45, 7) is 4.22. The van der Waals surface area contributed by atoms with Gasteiger partial charge >= 0.3 is 0 Å². The van der Waals surface area contributed by atoms with E-state index in [1.165, 1.54) is 0 Å². The van der Waals surface area contributed by atoms with Crippen molar-refractivity contribution in [3.05, 3.63) is 48.6 Å². The van der Waals surface area contributed by atoms with Crippen molar-refractivity contribution in [1.82, 2.24) is 0 Å². The summed E-state index contributed by atoms with van der Waals surface area (Å²) in [5, 5.41) is 10.5. The fourth-order valence-corrected chi connectivity index (χ4v) is 1.62. The van der Waals surface area contributed by atoms with Crippen LogP contribution in [0.1, 0.15) is 18.4 Å². The van der Waals surface area contributed by atoms with Crippen LogP contribution in [0.5, 0.6) is 0 Å². The Bertz CT molecular complexity index is 295. The van der Waals surface area contributed by atoms with E-state index in [9.17, 15) is 5.11 Å². The highest BCUT2D eigenvalue weighted by Crippen LogP contribution is 2.28. The minimum absolute atomic E-state index is 0.541. The summed E-state index contributed by atoms with van der Waals surface area (Å²) in [5.41, 5.74) is 0.0703. The van der Waals surface area contributed by atoms with Crippen LogP contribution in [0.3, 0.4) is 0 Å². The van der Waals surface area contributed by atoms with Gasteiger partial charge in [-0.25, -0.2) is 0 Å². The molecule has 2 heteroatoms. The van der Waals surface area contributed by atoms with Crippen LogP contribution in [-0.2, 0) is 10.3 Å². The van der Waals surface area contributed by atoms with Gasteiger partial charge < -0.3 is 9.84 Å². The highest BCUT2D eigenvalue weighted by atomic mass is 16.5. The quantitative estimate of drug-likeness (QED) is 0.725. The standard InChI is InChI=1S/C13H18O2/c1-3-9-13(14,10-11-15-2)12-7-5-4-6-8-12/h3-8,14H,1,9-11H2,2H3. The van der Waals surface area contributed by atoms with Crippen molar-refractivity contribution in [2.24, 2.45) is 0 Å². The van der Waals surface area contributed by atoms with Gasteiger partial charge in [0, 0.05) is 20.1 Å². The lowest BCUT2D eigenvalue weighted by molar-refractivity contribution is 0.00661. The van der Waals surface area contributed by atoms with Crippen LogP contribution < -0.4 is 0 Å². The molecule has 1 rings (SSSR count). The Morgan fingerprint density at radius 2 is 2.07 bits per heavy atom. The molecule has 1 atom stereocenters. The van der Waals surface area contributed by atoms with Crippen molar-refractivity contribution in [2.45, 2.75) is 18.4 Å². The molecule has 1 aromatic rings. The molecule has 0 aromatic heterocycles. The third-order valence-corrected chi connectivity index (χ3v) is 2.51. The van der Waals surface area contributed by atoms with Crippen molar-refractivity contribution < 1.29 is 9.84 Å². The van der Waals surface area contributed by atoms with E-state index in [1.54, 1.807) is 13.2 Å². The van der Waals surface area contributed by atoms with Gasteiger partial charge in [0.2, 0.25) is 0 Å². The average Bonchev–Trinajstić information content (AvgIpc) is 2.28. The summed E-state index contributed by atoms with van der Waals surface area (Å²) in [6.07, 6.45) is 2.86. The van der Waals surface area contributed by atoms with Gasteiger partial charge in [-0.1, -0.05) is 36.4 Å². The number of aliphatic hydroxyl groups is 1. The van der Waals surface area contributed by atoms with Gasteiger partial charge in [-0.3, -0.25) is 0 Å². The molecule has 0 bridgehead atoms. The molecular weight excluding hydrogens is 188 g/mol. The third-order valence-electron chi connectivity index (χ3n) is 2.51. The van der Waals surface area contributed by atoms with Crippen LogP contribution in [0.4, 0.5) is 0 Å². The monoisotopic (exact) mass is 206 g/mol. The Balaban J connectivity index is 2.85. The number of hydrogen-bond donors (Lipinski definition) is 1. The summed E-state index contributed by atoms with van der Waals surface area (Å²) in [5.74, 6) is 0. The van der Waals surface area contributed by atoms with E-state index in [0.717, 1.165) is 5.56 Å². The molecule has 1 aromatic carbocycles. The minimum atomic E-state index is -0.848. The lowest BCUT2D eigenvalue weighted by Gasteiger charge is -2.27. The molecule has 0 heterocycles. The maximum Gasteiger partial charge on any atom is 0.0952 e. The molecule has 0 aliphatic rings. The molecule has 0 spiro atoms. The second kappa shape index (κ2) is 5.69. The Labute approximate surface area is 91.2 Å². The van der Waals surface area contributed by atoms with Crippen LogP contribution in [0.15, 0.2) is 43.0 Å². The lowest BCUT2D eigenvalue weighted by atomic mass is 9.87. The Kier molecular flexibility index (Phi) is 4.53. The smallest absolute Gasteiger partial charge is 0.0952 e. The molecule has 82 valence electrons. The van der Waals surface area contributed by atoms with Crippen LogP contribution in [0.2, 0.25) is 0 Å². The van der Waals surface area contributed by atoms with Crippen LogP contribution >= 0.6 is 0 Å². The number of ether oxygens (including phenoxy) is 1. The SMILES string of the molecule is C=CCC(O)(CCOC)c1ccccc1. The average molecular weight is 206 g/mol. The number of hydrogen-bond acceptors (Lipinski definition) is 2. The first-order valence-electron chi connectivity index (χ1n) is 5.10. The van der Waals surface area contributed by atoms with Crippen LogP contribution in [0.25, 0.3) is 0 Å². The maximum absolute atomic E-state index is 10.5. The van der Waals surface area contributed by atoms with Crippen molar-refractivity contribution in [2.75, 3.05) is 13.7 Å². The van der Waals surface area contributed by atoms with E-state index < -0.39 is 5.60 Å². The van der Waals surface area contributed by atoms with Crippen LogP contribution in [-0.4, -0.2) is 18.8 Å². The van der Waals surface area contributed by atoms with Gasteiger partial charge in [0.25, 0.3) is 0 Å². The maximum atomic E-state index is 10.5. The predicted octanol–water partition coefficient (Wildman–Crippen LogP) is 2.49. The number of benzene rings is 1. The first-order valence-corrected chi connectivity index (χ1v) is 5.10. The van der Waals surface area contributed by atoms with Gasteiger partial charge in [-0.05, 0) is 12.0 Å². The molecule has 2 nitrogen and oxygen atoms in total. The fourth-order valence-electron chi connectivity index (χ4n) is 1.62. The molecule has 0 saturated carbocycles. The molecule has 1 N–H and O–H groups in total. The minimum Gasteiger partial charge on any atom is -0.385 e. The molecule has 0 fully saturated rings. The summed E-state index contributed by atoms with van der Waals surface area (Å²) < 4.78 is 5.01. The first kappa shape index (κ1) is 12.0. The van der Waals surface area contributed by atoms with Gasteiger partial charge in [0.15, 0.2) is 0 Å². The van der Waals surface area contributed by atoms with Crippen molar-refractivity contribution >= 4 is 0 Å². The zero-order chi connectivity index (χ0) is 11.1. The molecule has 0 amide bonds. The topological polar surface area (TPSA) is 29.5 Å². The molecule has 1 unspecified atom stereocenters. The van der Waals surface area contributed by atoms with Gasteiger partial charge in [-0.15, -0.1) is 6.58 Å². The van der Waals surface area contributed by atoms with Crippen molar-refractivity contribution in [1.29, 1.82) is 0 Å². The third kappa shape index (κ3) is 3.18. The van der Waals surface area contributed by atoms with Crippen molar-refractivity contribution in [3.63, 3.8) is 0 Å². The number of methoxy groups -OCH3 is 1. The Morgan fingerprint density at radius 1 is 1.40 bits per heavy atom. The van der Waals surface area contributed by atoms with Crippen molar-refractivity contribution in [3.8, 4) is 0 Å². The summed E-state index contributed by atoms with van der Waals surface area (Å²) in [6, 6.07) is 9.65. The fraction of sp³-hybridized carbons (Fsp3) is 0.385. The van der Waals surface area contributed by atoms with E-state index in [0.29, 0.717) is 19.4 Å². The molecule has 0 saturated heterocycles. The Hall–Kier alpha value is -1.12. The molecule has 0 aliphatic heterocycles. The lowest BCUT2D eigenvalue weighted by Crippen LogP contribution is -2.26. The van der Waals surface area contributed by atoms with E-state index >= 15 is 0 Å². The Morgan fingerprint density at radius 3 is 2.60 bits per heavy atom. The highest BCUT2D eigenvalue weighted by Gasteiger charge is 2.26. The van der Waals surface area contributed by atoms with E-state index in [1.807, 2.05) is 30.3 Å². The molecule has 0 radical (unpaired) electrons. The van der Waals surface area contributed by atoms with Crippen LogP contribution in [0, 0.1) is 0 Å². The zero-order valence-electron chi connectivity index (χ0n) is 9.15. The zero-order valence-corrected chi connectivity index (χ0v) is 9.15. The van der Waals surface area contributed by atoms with Gasteiger partial charge in [0.1, 0.15) is 0 Å². The largest absolute Gasteiger partial charge is 0.385 e. The second-order valence-corrected chi connectivity index (χ2v) is 3.63. The van der Waals surface area contributed by atoms with Gasteiger partial charge in [0.05, 0.1) is 5.60 Å². The molecule has 15 heavy (non-hydrogen) atoms. The second-order valence-electron chi connectivity index (χ2n) is 3.63. The highest BCUT2D eigenvalue weighted by molar-refractivity contribution is 5.23. The van der Waals surface area contributed by atoms with E-state index in [-0.39, 0.29) is 0 Å². The normalized spacial score (nSPS) is 14.5. The summed E-state index contributed by atoms with van der Waals surface area (Å²) in [4.78, 5) is 0. The van der Waals surface area contributed by atoms with E-state index in [4.69, 9.17) is 4.74 Å². The first-order chi connectivity index (χ1) is 7.23. The molecular formula is C13H18O2. The van der Waals surface area contributed by atoms with Gasteiger partial charge in [-0.2, -0.15) is 0 Å². The predicted molar refractivity (Wildman–Crippen MR) is 61.6 cm³/mol. The summed E-state index contributed by atoms with van der Waals surface area (Å²) in [7, 11) is 1.64. The summed E-state index contributed by atoms with van der Waals surface area (Å²) >= 11 is 0. The number of rotatable bonds is 6. The molecule has 0 aliphatic carbocycles.